The average Bonchev–Trinajstić information content (AvgIpc) is 2.73. The van der Waals surface area contributed by atoms with Crippen LogP contribution in [0, 0.1) is 0 Å². The molecular weight excluding hydrogens is 487 g/mol. The van der Waals surface area contributed by atoms with Crippen molar-refractivity contribution < 1.29 is 31.1 Å². The number of rotatable bonds is 6. The quantitative estimate of drug-likeness (QED) is 0.475. The third-order valence-corrected chi connectivity index (χ3v) is 5.69. The van der Waals surface area contributed by atoms with Crippen molar-refractivity contribution in [3.05, 3.63) is 63.2 Å². The van der Waals surface area contributed by atoms with E-state index in [9.17, 15) is 26.4 Å². The minimum Gasteiger partial charge on any atom is -0.493 e. The van der Waals surface area contributed by atoms with Crippen LogP contribution in [0.25, 0.3) is 11.3 Å². The van der Waals surface area contributed by atoms with Crippen LogP contribution in [0.4, 0.5) is 13.2 Å². The van der Waals surface area contributed by atoms with E-state index in [1.165, 1.54) is 31.0 Å². The Morgan fingerprint density at radius 2 is 1.73 bits per heavy atom. The van der Waals surface area contributed by atoms with E-state index >= 15 is 0 Å². The fraction of sp³-hybridized carbons (Fsp3) is 0.250. The minimum absolute atomic E-state index is 0.00197. The molecular formula is C20H17ClF3N3O5S. The molecule has 0 aliphatic rings. The van der Waals surface area contributed by atoms with Crippen molar-refractivity contribution in [1.29, 1.82) is 0 Å². The maximum atomic E-state index is 13.4. The fourth-order valence-corrected chi connectivity index (χ4v) is 3.76. The molecule has 0 bridgehead atoms. The van der Waals surface area contributed by atoms with Crippen LogP contribution < -0.4 is 15.0 Å². The number of pyridine rings is 1. The lowest BCUT2D eigenvalue weighted by Crippen LogP contribution is -2.20. The number of benzene rings is 1. The van der Waals surface area contributed by atoms with Gasteiger partial charge in [-0.15, -0.1) is 0 Å². The average molecular weight is 504 g/mol. The van der Waals surface area contributed by atoms with Crippen LogP contribution in [0.3, 0.4) is 0 Å². The van der Waals surface area contributed by atoms with E-state index in [1.54, 1.807) is 18.2 Å². The van der Waals surface area contributed by atoms with E-state index in [2.05, 4.69) is 9.97 Å². The summed E-state index contributed by atoms with van der Waals surface area (Å²) in [6, 6.07) is 7.27. The lowest BCUT2D eigenvalue weighted by atomic mass is 10.1. The molecule has 0 aliphatic heterocycles. The van der Waals surface area contributed by atoms with Gasteiger partial charge in [-0.3, -0.25) is 4.79 Å². The maximum absolute atomic E-state index is 13.4. The van der Waals surface area contributed by atoms with Crippen LogP contribution in [0.1, 0.15) is 11.3 Å². The molecule has 0 unspecified atom stereocenters. The molecule has 3 rings (SSSR count). The number of methoxy groups -OCH3 is 2. The Bertz CT molecular complexity index is 1370. The zero-order valence-electron chi connectivity index (χ0n) is 17.5. The minimum atomic E-state index is -5.03. The Morgan fingerprint density at radius 1 is 1.06 bits per heavy atom. The summed E-state index contributed by atoms with van der Waals surface area (Å²) >= 11 is 5.92. The molecule has 0 fully saturated rings. The summed E-state index contributed by atoms with van der Waals surface area (Å²) in [7, 11) is -1.27. The van der Waals surface area contributed by atoms with Crippen LogP contribution in [0.2, 0.25) is 5.02 Å². The number of alkyl halides is 3. The number of nitrogens with zero attached hydrogens (tertiary/aromatic N) is 3. The van der Waals surface area contributed by atoms with Gasteiger partial charge >= 0.3 is 6.18 Å². The number of ether oxygens (including phenoxy) is 2. The molecule has 176 valence electrons. The second-order valence-electron chi connectivity index (χ2n) is 6.86. The van der Waals surface area contributed by atoms with E-state index in [0.717, 1.165) is 6.07 Å². The van der Waals surface area contributed by atoms with Crippen molar-refractivity contribution >= 4 is 21.4 Å². The topological polar surface area (TPSA) is 100 Å². The number of aromatic nitrogens is 3. The second kappa shape index (κ2) is 9.02. The van der Waals surface area contributed by atoms with Crippen LogP contribution in [0.5, 0.6) is 11.5 Å². The van der Waals surface area contributed by atoms with Gasteiger partial charge in [0.05, 0.1) is 31.5 Å². The van der Waals surface area contributed by atoms with Crippen LogP contribution in [0.15, 0.2) is 46.5 Å². The van der Waals surface area contributed by atoms with Crippen molar-refractivity contribution in [3.8, 4) is 22.8 Å². The molecule has 0 saturated carbocycles. The summed E-state index contributed by atoms with van der Waals surface area (Å²) < 4.78 is 75.6. The van der Waals surface area contributed by atoms with E-state index in [1.807, 2.05) is 0 Å². The Labute approximate surface area is 191 Å². The Balaban J connectivity index is 2.15. The first-order chi connectivity index (χ1) is 15.3. The van der Waals surface area contributed by atoms with Crippen molar-refractivity contribution in [3.63, 3.8) is 0 Å². The predicted molar refractivity (Wildman–Crippen MR) is 113 cm³/mol. The van der Waals surface area contributed by atoms with E-state index in [-0.39, 0.29) is 12.1 Å². The number of halogens is 4. The van der Waals surface area contributed by atoms with E-state index in [0.29, 0.717) is 23.3 Å². The highest BCUT2D eigenvalue weighted by Crippen LogP contribution is 2.38. The molecule has 0 N–H and O–H groups in total. The van der Waals surface area contributed by atoms with Crippen molar-refractivity contribution in [2.24, 2.45) is 0 Å². The van der Waals surface area contributed by atoms with Gasteiger partial charge in [-0.25, -0.2) is 18.4 Å². The van der Waals surface area contributed by atoms with Gasteiger partial charge in [-0.05, 0) is 23.8 Å². The largest absolute Gasteiger partial charge is 0.493 e. The van der Waals surface area contributed by atoms with Gasteiger partial charge in [-0.1, -0.05) is 17.7 Å². The highest BCUT2D eigenvalue weighted by atomic mass is 35.5. The molecule has 1 aromatic carbocycles. The summed E-state index contributed by atoms with van der Waals surface area (Å²) in [6.45, 7) is 0.0286. The SMILES string of the molecule is COc1ccc(Cn2cc(-c3nc(S(C)(=O)=O)nc(C(F)(F)F)c3Cl)ccc2=O)cc1OC. The molecule has 0 aliphatic carbocycles. The van der Waals surface area contributed by atoms with Gasteiger partial charge in [0.15, 0.2) is 17.2 Å². The third-order valence-electron chi connectivity index (χ3n) is 4.49. The summed E-state index contributed by atoms with van der Waals surface area (Å²) in [5.41, 5.74) is -1.89. The monoisotopic (exact) mass is 503 g/mol. The molecule has 0 amide bonds. The molecule has 0 radical (unpaired) electrons. The molecule has 2 aromatic heterocycles. The van der Waals surface area contributed by atoms with E-state index < -0.39 is 43.1 Å². The molecule has 3 aromatic rings. The summed E-state index contributed by atoms with van der Waals surface area (Å²) in [5, 5.41) is -1.92. The zero-order chi connectivity index (χ0) is 24.6. The molecule has 13 heteroatoms. The van der Waals surface area contributed by atoms with Crippen LogP contribution in [-0.2, 0) is 22.6 Å². The standard InChI is InChI=1S/C20H17ClF3N3O5S/c1-31-13-6-4-11(8-14(13)32-2)9-27-10-12(5-7-15(27)28)17-16(21)18(20(22,23)24)26-19(25-17)33(3,29)30/h4-8,10H,9H2,1-3H3. The molecule has 8 nitrogen and oxygen atoms in total. The highest BCUT2D eigenvalue weighted by molar-refractivity contribution is 7.90. The second-order valence-corrected chi connectivity index (χ2v) is 9.15. The Morgan fingerprint density at radius 3 is 2.30 bits per heavy atom. The van der Waals surface area contributed by atoms with E-state index in [4.69, 9.17) is 21.1 Å². The molecule has 0 spiro atoms. The Hall–Kier alpha value is -3.12. The summed E-state index contributed by atoms with van der Waals surface area (Å²) in [4.78, 5) is 19.2. The van der Waals surface area contributed by atoms with Crippen LogP contribution in [-0.4, -0.2) is 43.4 Å². The van der Waals surface area contributed by atoms with Gasteiger partial charge < -0.3 is 14.0 Å². The number of hydrogen-bond donors (Lipinski definition) is 0. The van der Waals surface area contributed by atoms with Crippen molar-refractivity contribution in [2.45, 2.75) is 17.9 Å². The van der Waals surface area contributed by atoms with Crippen molar-refractivity contribution in [1.82, 2.24) is 14.5 Å². The smallest absolute Gasteiger partial charge is 0.435 e. The highest BCUT2D eigenvalue weighted by Gasteiger charge is 2.38. The zero-order valence-corrected chi connectivity index (χ0v) is 19.0. The molecule has 0 atom stereocenters. The summed E-state index contributed by atoms with van der Waals surface area (Å²) in [6.07, 6.45) is -3.11. The first-order valence-corrected chi connectivity index (χ1v) is 11.4. The number of sulfone groups is 1. The van der Waals surface area contributed by atoms with Gasteiger partial charge in [-0.2, -0.15) is 13.2 Å². The fourth-order valence-electron chi connectivity index (χ4n) is 2.94. The first kappa shape index (κ1) is 24.5. The predicted octanol–water partition coefficient (Wildman–Crippen LogP) is 3.45. The number of hydrogen-bond acceptors (Lipinski definition) is 7. The van der Waals surface area contributed by atoms with Crippen LogP contribution >= 0.6 is 11.6 Å². The summed E-state index contributed by atoms with van der Waals surface area (Å²) in [5.74, 6) is 0.897. The normalized spacial score (nSPS) is 12.0. The van der Waals surface area contributed by atoms with Crippen molar-refractivity contribution in [2.75, 3.05) is 20.5 Å². The lowest BCUT2D eigenvalue weighted by molar-refractivity contribution is -0.141. The Kier molecular flexibility index (Phi) is 6.70. The first-order valence-electron chi connectivity index (χ1n) is 9.11. The maximum Gasteiger partial charge on any atom is 0.435 e. The van der Waals surface area contributed by atoms with Gasteiger partial charge in [0.2, 0.25) is 15.0 Å². The molecule has 2 heterocycles. The lowest BCUT2D eigenvalue weighted by Gasteiger charge is -2.14. The van der Waals surface area contributed by atoms with Gasteiger partial charge in [0, 0.05) is 24.1 Å². The molecule has 33 heavy (non-hydrogen) atoms. The van der Waals surface area contributed by atoms with Gasteiger partial charge in [0.25, 0.3) is 5.56 Å². The van der Waals surface area contributed by atoms with Gasteiger partial charge in [0.1, 0.15) is 0 Å². The molecule has 0 saturated heterocycles. The third kappa shape index (κ3) is 5.28.